The van der Waals surface area contributed by atoms with E-state index < -0.39 is 0 Å². The van der Waals surface area contributed by atoms with E-state index in [-0.39, 0.29) is 0 Å². The van der Waals surface area contributed by atoms with Gasteiger partial charge in [0.1, 0.15) is 0 Å². The molecule has 2 N–H and O–H groups in total. The molecule has 0 rings (SSSR count). The minimum atomic E-state index is 0.645. The molecule has 0 radical (unpaired) electrons. The fraction of sp³-hybridized carbons (Fsp3) is 1.00. The molecule has 0 amide bonds. The summed E-state index contributed by atoms with van der Waals surface area (Å²) in [7, 11) is 2.18. The molecule has 0 aromatic rings. The van der Waals surface area contributed by atoms with Crippen molar-refractivity contribution in [2.75, 3.05) is 38.7 Å². The number of rotatable bonds is 7. The van der Waals surface area contributed by atoms with Gasteiger partial charge in [-0.25, -0.2) is 0 Å². The van der Waals surface area contributed by atoms with Crippen LogP contribution in [-0.4, -0.2) is 43.6 Å². The maximum atomic E-state index is 5.72. The van der Waals surface area contributed by atoms with Crippen LogP contribution in [0.25, 0.3) is 0 Å². The predicted molar refractivity (Wildman–Crippen MR) is 63.3 cm³/mol. The van der Waals surface area contributed by atoms with Crippen molar-refractivity contribution in [2.45, 2.75) is 13.8 Å². The lowest BCUT2D eigenvalue weighted by Crippen LogP contribution is -2.34. The number of thioether (sulfide) groups is 1. The molecule has 0 heterocycles. The summed E-state index contributed by atoms with van der Waals surface area (Å²) >= 11 is 1.90. The Hall–Kier alpha value is 0.270. The van der Waals surface area contributed by atoms with E-state index >= 15 is 0 Å². The van der Waals surface area contributed by atoms with Gasteiger partial charge in [0.25, 0.3) is 0 Å². The Kier molecular flexibility index (Phi) is 7.81. The van der Waals surface area contributed by atoms with Crippen LogP contribution in [0.15, 0.2) is 0 Å². The second kappa shape index (κ2) is 7.65. The normalized spacial score (nSPS) is 14.1. The van der Waals surface area contributed by atoms with Crippen molar-refractivity contribution in [3.8, 4) is 0 Å². The van der Waals surface area contributed by atoms with Crippen LogP contribution in [0.2, 0.25) is 0 Å². The van der Waals surface area contributed by atoms with Gasteiger partial charge in [-0.2, -0.15) is 11.8 Å². The molecule has 2 nitrogen and oxygen atoms in total. The molecule has 0 aliphatic carbocycles. The van der Waals surface area contributed by atoms with E-state index in [9.17, 15) is 0 Å². The zero-order valence-electron chi connectivity index (χ0n) is 9.42. The molecule has 0 bridgehead atoms. The summed E-state index contributed by atoms with van der Waals surface area (Å²) in [5.74, 6) is 2.56. The fourth-order valence-electron chi connectivity index (χ4n) is 1.30. The molecule has 3 heteroatoms. The Morgan fingerprint density at radius 2 is 2.00 bits per heavy atom. The molecule has 0 saturated heterocycles. The summed E-state index contributed by atoms with van der Waals surface area (Å²) in [6.07, 6.45) is 2.15. The summed E-state index contributed by atoms with van der Waals surface area (Å²) < 4.78 is 0. The van der Waals surface area contributed by atoms with Crippen LogP contribution in [0.4, 0.5) is 0 Å². The maximum Gasteiger partial charge on any atom is 0.00693 e. The number of hydrogen-bond donors (Lipinski definition) is 1. The highest BCUT2D eigenvalue weighted by molar-refractivity contribution is 7.98. The van der Waals surface area contributed by atoms with Crippen molar-refractivity contribution in [1.82, 2.24) is 4.90 Å². The van der Waals surface area contributed by atoms with E-state index in [4.69, 9.17) is 5.73 Å². The zero-order chi connectivity index (χ0) is 10.3. The second-order valence-corrected chi connectivity index (χ2v) is 4.98. The van der Waals surface area contributed by atoms with Crippen molar-refractivity contribution >= 4 is 11.8 Å². The van der Waals surface area contributed by atoms with Crippen molar-refractivity contribution in [2.24, 2.45) is 17.6 Å². The Labute approximate surface area is 87.2 Å². The Balaban J connectivity index is 3.66. The fourth-order valence-corrected chi connectivity index (χ4v) is 1.79. The molecule has 0 aromatic carbocycles. The zero-order valence-corrected chi connectivity index (χ0v) is 10.2. The van der Waals surface area contributed by atoms with E-state index in [2.05, 4.69) is 32.1 Å². The van der Waals surface area contributed by atoms with Crippen molar-refractivity contribution < 1.29 is 0 Å². The van der Waals surface area contributed by atoms with Gasteiger partial charge in [-0.15, -0.1) is 0 Å². The minimum Gasteiger partial charge on any atom is -0.330 e. The van der Waals surface area contributed by atoms with Crippen LogP contribution in [-0.2, 0) is 0 Å². The van der Waals surface area contributed by atoms with Crippen molar-refractivity contribution in [3.05, 3.63) is 0 Å². The van der Waals surface area contributed by atoms with Gasteiger partial charge in [0.15, 0.2) is 0 Å². The van der Waals surface area contributed by atoms with Crippen molar-refractivity contribution in [1.29, 1.82) is 0 Å². The SMILES string of the molecule is CSCCN(C)CC(CN)C(C)C. The van der Waals surface area contributed by atoms with Gasteiger partial charge in [-0.3, -0.25) is 0 Å². The lowest BCUT2D eigenvalue weighted by atomic mass is 9.95. The molecule has 0 aromatic heterocycles. The first-order chi connectivity index (χ1) is 6.11. The molecule has 0 fully saturated rings. The number of nitrogens with two attached hydrogens (primary N) is 1. The van der Waals surface area contributed by atoms with Crippen LogP contribution in [0.3, 0.4) is 0 Å². The van der Waals surface area contributed by atoms with Gasteiger partial charge in [0.2, 0.25) is 0 Å². The minimum absolute atomic E-state index is 0.645. The third-order valence-corrected chi connectivity index (χ3v) is 3.06. The molecule has 0 aliphatic rings. The maximum absolute atomic E-state index is 5.72. The first-order valence-electron chi connectivity index (χ1n) is 4.99. The van der Waals surface area contributed by atoms with Gasteiger partial charge in [-0.1, -0.05) is 13.8 Å². The average Bonchev–Trinajstić information content (AvgIpc) is 2.10. The molecule has 1 unspecified atom stereocenters. The largest absolute Gasteiger partial charge is 0.330 e. The summed E-state index contributed by atoms with van der Waals surface area (Å²) in [4.78, 5) is 2.38. The molecule has 13 heavy (non-hydrogen) atoms. The summed E-state index contributed by atoms with van der Waals surface area (Å²) in [6, 6.07) is 0. The van der Waals surface area contributed by atoms with Gasteiger partial charge in [0, 0.05) is 18.8 Å². The van der Waals surface area contributed by atoms with Gasteiger partial charge in [-0.05, 0) is 31.7 Å². The number of hydrogen-bond acceptors (Lipinski definition) is 3. The van der Waals surface area contributed by atoms with E-state index in [1.54, 1.807) is 0 Å². The average molecular weight is 204 g/mol. The van der Waals surface area contributed by atoms with Crippen LogP contribution < -0.4 is 5.73 Å². The van der Waals surface area contributed by atoms with Gasteiger partial charge in [0.05, 0.1) is 0 Å². The quantitative estimate of drug-likeness (QED) is 0.682. The third-order valence-electron chi connectivity index (χ3n) is 2.47. The third kappa shape index (κ3) is 6.36. The molecule has 0 spiro atoms. The lowest BCUT2D eigenvalue weighted by molar-refractivity contribution is 0.250. The Morgan fingerprint density at radius 1 is 1.38 bits per heavy atom. The summed E-state index contributed by atoms with van der Waals surface area (Å²) in [6.45, 7) is 7.61. The molecule has 0 saturated carbocycles. The molecule has 80 valence electrons. The predicted octanol–water partition coefficient (Wildman–Crippen LogP) is 1.51. The molecular weight excluding hydrogens is 180 g/mol. The van der Waals surface area contributed by atoms with Crippen LogP contribution in [0.5, 0.6) is 0 Å². The highest BCUT2D eigenvalue weighted by Crippen LogP contribution is 2.10. The van der Waals surface area contributed by atoms with Crippen LogP contribution in [0, 0.1) is 11.8 Å². The first-order valence-corrected chi connectivity index (χ1v) is 6.38. The smallest absolute Gasteiger partial charge is 0.00693 e. The van der Waals surface area contributed by atoms with Crippen LogP contribution >= 0.6 is 11.8 Å². The van der Waals surface area contributed by atoms with Gasteiger partial charge >= 0.3 is 0 Å². The molecule has 0 aliphatic heterocycles. The highest BCUT2D eigenvalue weighted by Gasteiger charge is 2.13. The van der Waals surface area contributed by atoms with E-state index in [0.29, 0.717) is 11.8 Å². The van der Waals surface area contributed by atoms with Crippen molar-refractivity contribution in [3.63, 3.8) is 0 Å². The standard InChI is InChI=1S/C10H24N2S/c1-9(2)10(7-11)8-12(3)5-6-13-4/h9-10H,5-8,11H2,1-4H3. The molecule has 1 atom stereocenters. The second-order valence-electron chi connectivity index (χ2n) is 3.99. The number of nitrogens with zero attached hydrogens (tertiary/aromatic N) is 1. The molecular formula is C10H24N2S. The highest BCUT2D eigenvalue weighted by atomic mass is 32.2. The first kappa shape index (κ1) is 13.3. The van der Waals surface area contributed by atoms with Gasteiger partial charge < -0.3 is 10.6 Å². The summed E-state index contributed by atoms with van der Waals surface area (Å²) in [5.41, 5.74) is 5.72. The Morgan fingerprint density at radius 3 is 2.38 bits per heavy atom. The topological polar surface area (TPSA) is 29.3 Å². The van der Waals surface area contributed by atoms with E-state index in [1.807, 2.05) is 11.8 Å². The lowest BCUT2D eigenvalue weighted by Gasteiger charge is -2.25. The summed E-state index contributed by atoms with van der Waals surface area (Å²) in [5, 5.41) is 0. The van der Waals surface area contributed by atoms with E-state index in [0.717, 1.165) is 13.1 Å². The van der Waals surface area contributed by atoms with Crippen LogP contribution in [0.1, 0.15) is 13.8 Å². The monoisotopic (exact) mass is 204 g/mol. The van der Waals surface area contributed by atoms with E-state index in [1.165, 1.54) is 12.3 Å². The Bertz CT molecular complexity index is 117.